The van der Waals surface area contributed by atoms with Gasteiger partial charge in [-0.3, -0.25) is 4.79 Å². The lowest BCUT2D eigenvalue weighted by molar-refractivity contribution is 0.0950. The van der Waals surface area contributed by atoms with Crippen molar-refractivity contribution in [1.82, 2.24) is 5.32 Å². The molecular formula is C20H36ClN3O. The molecule has 0 fully saturated rings. The molecule has 4 nitrogen and oxygen atoms in total. The topological polar surface area (TPSA) is 81.1 Å². The molecule has 0 radical (unpaired) electrons. The minimum absolute atomic E-state index is 0. The third-order valence-corrected chi connectivity index (χ3v) is 4.23. The second kappa shape index (κ2) is 9.56. The van der Waals surface area contributed by atoms with E-state index in [1.807, 2.05) is 12.1 Å². The molecule has 5 heteroatoms. The van der Waals surface area contributed by atoms with Crippen LogP contribution in [0.2, 0.25) is 0 Å². The van der Waals surface area contributed by atoms with Crippen molar-refractivity contribution in [3.8, 4) is 0 Å². The Morgan fingerprint density at radius 1 is 1.04 bits per heavy atom. The van der Waals surface area contributed by atoms with Crippen LogP contribution in [0, 0.1) is 0 Å². The molecule has 0 spiro atoms. The Bertz CT molecular complexity index is 527. The molecule has 0 saturated carbocycles. The van der Waals surface area contributed by atoms with E-state index in [0.29, 0.717) is 18.7 Å². The lowest BCUT2D eigenvalue weighted by Gasteiger charge is -2.26. The van der Waals surface area contributed by atoms with Gasteiger partial charge in [0.15, 0.2) is 0 Å². The monoisotopic (exact) mass is 369 g/mol. The molecule has 0 bridgehead atoms. The van der Waals surface area contributed by atoms with E-state index in [-0.39, 0.29) is 35.2 Å². The van der Waals surface area contributed by atoms with Gasteiger partial charge in [-0.15, -0.1) is 12.4 Å². The maximum atomic E-state index is 12.6. The number of rotatable bonds is 6. The van der Waals surface area contributed by atoms with E-state index in [4.69, 9.17) is 11.5 Å². The molecule has 1 aromatic carbocycles. The first-order valence-corrected chi connectivity index (χ1v) is 8.85. The molecular weight excluding hydrogens is 334 g/mol. The van der Waals surface area contributed by atoms with Crippen molar-refractivity contribution in [2.24, 2.45) is 11.5 Å². The van der Waals surface area contributed by atoms with Crippen molar-refractivity contribution in [3.63, 3.8) is 0 Å². The number of benzene rings is 1. The Hall–Kier alpha value is -1.10. The SMILES string of the molecule is CC(C)(C)c1cc(C(=O)NCC(N)CCCN)cc(C(C)(C)C)c1.Cl. The summed E-state index contributed by atoms with van der Waals surface area (Å²) in [6.45, 7) is 14.1. The molecule has 0 aromatic heterocycles. The standard InChI is InChI=1S/C20H35N3O.ClH/c1-19(2,3)15-10-14(11-16(12-15)20(4,5)6)18(24)23-13-17(22)8-7-9-21;/h10-12,17H,7-9,13,21-22H2,1-6H3,(H,23,24);1H. The Morgan fingerprint density at radius 3 is 1.92 bits per heavy atom. The number of hydrogen-bond donors (Lipinski definition) is 3. The predicted molar refractivity (Wildman–Crippen MR) is 110 cm³/mol. The highest BCUT2D eigenvalue weighted by molar-refractivity contribution is 5.94. The minimum atomic E-state index is -0.0604. The van der Waals surface area contributed by atoms with Gasteiger partial charge in [-0.1, -0.05) is 47.6 Å². The molecule has 0 aliphatic heterocycles. The van der Waals surface area contributed by atoms with Gasteiger partial charge in [0.2, 0.25) is 0 Å². The summed E-state index contributed by atoms with van der Waals surface area (Å²) in [6, 6.07) is 6.15. The first kappa shape index (κ1) is 23.9. The van der Waals surface area contributed by atoms with Gasteiger partial charge in [0.1, 0.15) is 0 Å². The van der Waals surface area contributed by atoms with E-state index in [1.165, 1.54) is 11.1 Å². The van der Waals surface area contributed by atoms with Crippen LogP contribution >= 0.6 is 12.4 Å². The zero-order valence-corrected chi connectivity index (χ0v) is 17.4. The summed E-state index contributed by atoms with van der Waals surface area (Å²) >= 11 is 0. The van der Waals surface area contributed by atoms with Gasteiger partial charge in [-0.2, -0.15) is 0 Å². The van der Waals surface area contributed by atoms with Gasteiger partial charge in [-0.05, 0) is 53.5 Å². The summed E-state index contributed by atoms with van der Waals surface area (Å²) in [6.07, 6.45) is 1.71. The van der Waals surface area contributed by atoms with Crippen molar-refractivity contribution in [1.29, 1.82) is 0 Å². The van der Waals surface area contributed by atoms with Crippen LogP contribution in [0.1, 0.15) is 75.9 Å². The van der Waals surface area contributed by atoms with Crippen LogP contribution in [0.25, 0.3) is 0 Å². The molecule has 144 valence electrons. The number of halogens is 1. The van der Waals surface area contributed by atoms with Crippen LogP contribution in [0.5, 0.6) is 0 Å². The summed E-state index contributed by atoms with van der Waals surface area (Å²) in [5.74, 6) is -0.0604. The molecule has 0 aliphatic carbocycles. The number of amides is 1. The minimum Gasteiger partial charge on any atom is -0.350 e. The van der Waals surface area contributed by atoms with Gasteiger partial charge in [-0.25, -0.2) is 0 Å². The second-order valence-electron chi connectivity index (χ2n) is 8.70. The third-order valence-electron chi connectivity index (χ3n) is 4.23. The summed E-state index contributed by atoms with van der Waals surface area (Å²) in [4.78, 5) is 12.6. The largest absolute Gasteiger partial charge is 0.350 e. The van der Waals surface area contributed by atoms with E-state index in [0.717, 1.165) is 12.8 Å². The molecule has 1 aromatic rings. The fourth-order valence-electron chi connectivity index (χ4n) is 2.43. The lowest BCUT2D eigenvalue weighted by Crippen LogP contribution is -2.37. The maximum Gasteiger partial charge on any atom is 0.251 e. The Balaban J connectivity index is 0.00000576. The average molecular weight is 370 g/mol. The Morgan fingerprint density at radius 2 is 1.52 bits per heavy atom. The molecule has 1 rings (SSSR count). The van der Waals surface area contributed by atoms with Crippen molar-refractivity contribution >= 4 is 18.3 Å². The molecule has 25 heavy (non-hydrogen) atoms. The van der Waals surface area contributed by atoms with Gasteiger partial charge >= 0.3 is 0 Å². The Kier molecular flexibility index (Phi) is 9.14. The van der Waals surface area contributed by atoms with Crippen LogP contribution in [-0.4, -0.2) is 25.0 Å². The highest BCUT2D eigenvalue weighted by atomic mass is 35.5. The van der Waals surface area contributed by atoms with Crippen LogP contribution in [0.4, 0.5) is 0 Å². The van der Waals surface area contributed by atoms with Gasteiger partial charge in [0.05, 0.1) is 0 Å². The highest BCUT2D eigenvalue weighted by Crippen LogP contribution is 2.30. The highest BCUT2D eigenvalue weighted by Gasteiger charge is 2.22. The predicted octanol–water partition coefficient (Wildman–Crippen LogP) is 3.50. The average Bonchev–Trinajstić information content (AvgIpc) is 2.48. The molecule has 5 N–H and O–H groups in total. The summed E-state index contributed by atoms with van der Waals surface area (Å²) in [5, 5.41) is 2.96. The zero-order valence-electron chi connectivity index (χ0n) is 16.6. The van der Waals surface area contributed by atoms with E-state index < -0.39 is 0 Å². The Labute approximate surface area is 159 Å². The molecule has 1 amide bonds. The molecule has 1 unspecified atom stereocenters. The lowest BCUT2D eigenvalue weighted by atomic mass is 9.79. The van der Waals surface area contributed by atoms with E-state index in [2.05, 4.69) is 52.9 Å². The number of nitrogens with one attached hydrogen (secondary N) is 1. The first-order chi connectivity index (χ1) is 10.9. The van der Waals surface area contributed by atoms with Crippen LogP contribution in [0.3, 0.4) is 0 Å². The van der Waals surface area contributed by atoms with Crippen molar-refractivity contribution in [2.45, 2.75) is 71.3 Å². The number of hydrogen-bond acceptors (Lipinski definition) is 3. The van der Waals surface area contributed by atoms with Gasteiger partial charge in [0.25, 0.3) is 5.91 Å². The number of nitrogens with two attached hydrogens (primary N) is 2. The van der Waals surface area contributed by atoms with Gasteiger partial charge < -0.3 is 16.8 Å². The third kappa shape index (κ3) is 7.76. The van der Waals surface area contributed by atoms with Crippen LogP contribution in [-0.2, 0) is 10.8 Å². The van der Waals surface area contributed by atoms with E-state index >= 15 is 0 Å². The molecule has 0 aliphatic rings. The summed E-state index contributed by atoms with van der Waals surface area (Å²) in [7, 11) is 0. The molecule has 1 atom stereocenters. The van der Waals surface area contributed by atoms with Crippen molar-refractivity contribution in [2.75, 3.05) is 13.1 Å². The number of carbonyl (C=O) groups excluding carboxylic acids is 1. The van der Waals surface area contributed by atoms with Gasteiger partial charge in [0, 0.05) is 18.2 Å². The summed E-state index contributed by atoms with van der Waals surface area (Å²) < 4.78 is 0. The fourth-order valence-corrected chi connectivity index (χ4v) is 2.43. The maximum absolute atomic E-state index is 12.6. The quantitative estimate of drug-likeness (QED) is 0.717. The number of carbonyl (C=O) groups is 1. The molecule has 0 saturated heterocycles. The van der Waals surface area contributed by atoms with E-state index in [1.54, 1.807) is 0 Å². The molecule has 0 heterocycles. The second-order valence-corrected chi connectivity index (χ2v) is 8.70. The fraction of sp³-hybridized carbons (Fsp3) is 0.650. The van der Waals surface area contributed by atoms with Crippen LogP contribution in [0.15, 0.2) is 18.2 Å². The summed E-state index contributed by atoms with van der Waals surface area (Å²) in [5.41, 5.74) is 14.6. The van der Waals surface area contributed by atoms with Crippen LogP contribution < -0.4 is 16.8 Å². The first-order valence-electron chi connectivity index (χ1n) is 8.85. The van der Waals surface area contributed by atoms with Crippen molar-refractivity contribution in [3.05, 3.63) is 34.9 Å². The zero-order chi connectivity index (χ0) is 18.5. The van der Waals surface area contributed by atoms with E-state index in [9.17, 15) is 4.79 Å². The van der Waals surface area contributed by atoms with Crippen molar-refractivity contribution < 1.29 is 4.79 Å². The normalized spacial score (nSPS) is 13.1. The smallest absolute Gasteiger partial charge is 0.251 e.